The molecule has 0 heterocycles. The average Bonchev–Trinajstić information content (AvgIpc) is 2.67. The van der Waals surface area contributed by atoms with Crippen LogP contribution in [0.5, 0.6) is 11.5 Å². The number of hydrogen-bond donors (Lipinski definition) is 1. The number of anilines is 1. The number of aryl methyl sites for hydroxylation is 1. The molecule has 0 aliphatic carbocycles. The summed E-state index contributed by atoms with van der Waals surface area (Å²) >= 11 is 12.1. The summed E-state index contributed by atoms with van der Waals surface area (Å²) in [5.41, 5.74) is 1.11. The van der Waals surface area contributed by atoms with Crippen LogP contribution in [0.2, 0.25) is 10.0 Å². The number of nitrogens with zero attached hydrogens (tertiary/aromatic N) is 1. The predicted octanol–water partition coefficient (Wildman–Crippen LogP) is 3.66. The van der Waals surface area contributed by atoms with Crippen molar-refractivity contribution in [3.8, 4) is 11.5 Å². The summed E-state index contributed by atoms with van der Waals surface area (Å²) < 4.78 is 36.7. The van der Waals surface area contributed by atoms with Crippen molar-refractivity contribution in [1.82, 2.24) is 5.32 Å². The Balaban J connectivity index is 2.07. The maximum atomic E-state index is 12.6. The Hall–Kier alpha value is -2.16. The van der Waals surface area contributed by atoms with Gasteiger partial charge in [-0.2, -0.15) is 0 Å². The molecule has 0 aliphatic rings. The molecule has 10 heteroatoms. The molecule has 30 heavy (non-hydrogen) atoms. The third-order valence-corrected chi connectivity index (χ3v) is 6.15. The molecule has 1 amide bonds. The van der Waals surface area contributed by atoms with Crippen molar-refractivity contribution in [1.29, 1.82) is 0 Å². The smallest absolute Gasteiger partial charge is 0.243 e. The average molecular weight is 475 g/mol. The molecule has 0 unspecified atom stereocenters. The fraction of sp³-hybridized carbons (Fsp3) is 0.350. The topological polar surface area (TPSA) is 84.9 Å². The number of rotatable bonds is 9. The summed E-state index contributed by atoms with van der Waals surface area (Å²) in [5, 5.41) is 3.58. The van der Waals surface area contributed by atoms with E-state index in [1.807, 2.05) is 13.0 Å². The van der Waals surface area contributed by atoms with Crippen LogP contribution in [0.4, 0.5) is 5.69 Å². The van der Waals surface area contributed by atoms with E-state index in [2.05, 4.69) is 5.32 Å². The van der Waals surface area contributed by atoms with Crippen molar-refractivity contribution in [3.05, 3.63) is 52.0 Å². The van der Waals surface area contributed by atoms with Crippen LogP contribution in [-0.2, 0) is 14.8 Å². The number of sulfonamides is 1. The molecule has 0 bridgehead atoms. The lowest BCUT2D eigenvalue weighted by Crippen LogP contribution is -2.48. The van der Waals surface area contributed by atoms with Crippen molar-refractivity contribution in [3.63, 3.8) is 0 Å². The number of benzene rings is 2. The molecule has 0 saturated carbocycles. The zero-order valence-electron chi connectivity index (χ0n) is 17.1. The number of nitrogens with one attached hydrogen (secondary N) is 1. The number of hydrogen-bond acceptors (Lipinski definition) is 5. The Kier molecular flexibility index (Phi) is 8.23. The standard InChI is InChI=1S/C20H24Cl2N2O5S/c1-13-5-7-16(12-17(13)22)29-10-9-23-20(25)14(2)24(30(4,26)27)18-11-15(21)6-8-19(18)28-3/h5-8,11-12,14H,9-10H2,1-4H3,(H,23,25)/t14-/m1/s1. The Bertz CT molecular complexity index is 1010. The normalized spacial score (nSPS) is 12.2. The second-order valence-electron chi connectivity index (χ2n) is 6.60. The molecular formula is C20H24Cl2N2O5S. The molecule has 7 nitrogen and oxygen atoms in total. The lowest BCUT2D eigenvalue weighted by Gasteiger charge is -2.29. The summed E-state index contributed by atoms with van der Waals surface area (Å²) in [7, 11) is -2.40. The van der Waals surface area contributed by atoms with E-state index >= 15 is 0 Å². The molecule has 0 saturated heterocycles. The second-order valence-corrected chi connectivity index (χ2v) is 9.30. The van der Waals surface area contributed by atoms with Crippen LogP contribution < -0.4 is 19.1 Å². The molecule has 2 aromatic carbocycles. The molecule has 0 fully saturated rings. The zero-order valence-corrected chi connectivity index (χ0v) is 19.4. The van der Waals surface area contributed by atoms with Gasteiger partial charge in [0.2, 0.25) is 15.9 Å². The number of halogens is 2. The Labute approximate surface area is 186 Å². The monoisotopic (exact) mass is 474 g/mol. The van der Waals surface area contributed by atoms with E-state index in [1.54, 1.807) is 24.3 Å². The van der Waals surface area contributed by atoms with Gasteiger partial charge in [-0.15, -0.1) is 0 Å². The minimum absolute atomic E-state index is 0.180. The molecule has 1 N–H and O–H groups in total. The van der Waals surface area contributed by atoms with Crippen molar-refractivity contribution >= 4 is 44.8 Å². The van der Waals surface area contributed by atoms with E-state index in [0.717, 1.165) is 16.1 Å². The first kappa shape index (κ1) is 24.1. The molecule has 164 valence electrons. The van der Waals surface area contributed by atoms with Gasteiger partial charge in [0.15, 0.2) is 0 Å². The van der Waals surface area contributed by atoms with Crippen molar-refractivity contribution in [2.24, 2.45) is 0 Å². The number of methoxy groups -OCH3 is 1. The second kappa shape index (κ2) is 10.2. The molecule has 2 aromatic rings. The lowest BCUT2D eigenvalue weighted by molar-refractivity contribution is -0.121. The summed E-state index contributed by atoms with van der Waals surface area (Å²) in [4.78, 5) is 12.6. The van der Waals surface area contributed by atoms with Gasteiger partial charge in [-0.25, -0.2) is 8.42 Å². The molecule has 0 aromatic heterocycles. The Morgan fingerprint density at radius 1 is 1.20 bits per heavy atom. The number of carbonyl (C=O) groups excluding carboxylic acids is 1. The van der Waals surface area contributed by atoms with Gasteiger partial charge in [0, 0.05) is 10.0 Å². The number of ether oxygens (including phenoxy) is 2. The first-order valence-electron chi connectivity index (χ1n) is 9.04. The van der Waals surface area contributed by atoms with Crippen LogP contribution in [0.3, 0.4) is 0 Å². The highest BCUT2D eigenvalue weighted by Crippen LogP contribution is 2.34. The third-order valence-electron chi connectivity index (χ3n) is 4.28. The van der Waals surface area contributed by atoms with Crippen LogP contribution in [0.1, 0.15) is 12.5 Å². The molecule has 0 radical (unpaired) electrons. The van der Waals surface area contributed by atoms with Gasteiger partial charge in [0.05, 0.1) is 25.6 Å². The summed E-state index contributed by atoms with van der Waals surface area (Å²) in [6.07, 6.45) is 1.02. The fourth-order valence-electron chi connectivity index (χ4n) is 2.77. The number of amides is 1. The van der Waals surface area contributed by atoms with E-state index in [4.69, 9.17) is 32.7 Å². The highest BCUT2D eigenvalue weighted by molar-refractivity contribution is 7.92. The third kappa shape index (κ3) is 6.17. The van der Waals surface area contributed by atoms with Crippen LogP contribution >= 0.6 is 23.2 Å². The Morgan fingerprint density at radius 3 is 2.50 bits per heavy atom. The number of carbonyl (C=O) groups is 1. The summed E-state index contributed by atoms with van der Waals surface area (Å²) in [5.74, 6) is 0.367. The lowest BCUT2D eigenvalue weighted by atomic mass is 10.2. The maximum Gasteiger partial charge on any atom is 0.243 e. The molecule has 2 rings (SSSR count). The summed E-state index contributed by atoms with van der Waals surface area (Å²) in [6, 6.07) is 8.82. The van der Waals surface area contributed by atoms with E-state index in [9.17, 15) is 13.2 Å². The minimum Gasteiger partial charge on any atom is -0.495 e. The van der Waals surface area contributed by atoms with E-state index in [1.165, 1.54) is 20.1 Å². The van der Waals surface area contributed by atoms with Gasteiger partial charge in [-0.1, -0.05) is 29.3 Å². The summed E-state index contributed by atoms with van der Waals surface area (Å²) in [6.45, 7) is 3.74. The van der Waals surface area contributed by atoms with Crippen molar-refractivity contribution in [2.75, 3.05) is 30.8 Å². The SMILES string of the molecule is COc1ccc(Cl)cc1N([C@H](C)C(=O)NCCOc1ccc(C)c(Cl)c1)S(C)(=O)=O. The molecule has 0 spiro atoms. The first-order valence-corrected chi connectivity index (χ1v) is 11.6. The minimum atomic E-state index is -3.81. The van der Waals surface area contributed by atoms with Gasteiger partial charge in [-0.05, 0) is 49.7 Å². The van der Waals surface area contributed by atoms with Crippen LogP contribution in [0, 0.1) is 6.92 Å². The predicted molar refractivity (Wildman–Crippen MR) is 119 cm³/mol. The molecular weight excluding hydrogens is 451 g/mol. The van der Waals surface area contributed by atoms with Gasteiger partial charge < -0.3 is 14.8 Å². The quantitative estimate of drug-likeness (QED) is 0.560. The van der Waals surface area contributed by atoms with Gasteiger partial charge in [-0.3, -0.25) is 9.10 Å². The van der Waals surface area contributed by atoms with Crippen LogP contribution in [0.25, 0.3) is 0 Å². The first-order chi connectivity index (χ1) is 14.0. The van der Waals surface area contributed by atoms with Crippen molar-refractivity contribution in [2.45, 2.75) is 19.9 Å². The largest absolute Gasteiger partial charge is 0.495 e. The molecule has 1 atom stereocenters. The van der Waals surface area contributed by atoms with Gasteiger partial charge >= 0.3 is 0 Å². The molecule has 0 aliphatic heterocycles. The fourth-order valence-corrected chi connectivity index (χ4v) is 4.28. The zero-order chi connectivity index (χ0) is 22.5. The van der Waals surface area contributed by atoms with Crippen LogP contribution in [0.15, 0.2) is 36.4 Å². The van der Waals surface area contributed by atoms with E-state index in [-0.39, 0.29) is 24.6 Å². The maximum absolute atomic E-state index is 12.6. The van der Waals surface area contributed by atoms with Gasteiger partial charge in [0.1, 0.15) is 24.1 Å². The van der Waals surface area contributed by atoms with Crippen molar-refractivity contribution < 1.29 is 22.7 Å². The van der Waals surface area contributed by atoms with E-state index < -0.39 is 22.0 Å². The van der Waals surface area contributed by atoms with Crippen LogP contribution in [-0.4, -0.2) is 46.9 Å². The van der Waals surface area contributed by atoms with Gasteiger partial charge in [0.25, 0.3) is 0 Å². The van der Waals surface area contributed by atoms with E-state index in [0.29, 0.717) is 15.8 Å². The highest BCUT2D eigenvalue weighted by atomic mass is 35.5. The Morgan fingerprint density at radius 2 is 1.90 bits per heavy atom. The highest BCUT2D eigenvalue weighted by Gasteiger charge is 2.31.